The molecule has 0 bridgehead atoms. The number of pyridine rings is 1. The molecule has 19 heavy (non-hydrogen) atoms. The Bertz CT molecular complexity index is 572. The lowest BCUT2D eigenvalue weighted by Gasteiger charge is -2.20. The molecule has 2 aromatic rings. The van der Waals surface area contributed by atoms with Crippen molar-refractivity contribution >= 4 is 5.82 Å². The molecule has 100 valence electrons. The van der Waals surface area contributed by atoms with Crippen molar-refractivity contribution in [3.8, 4) is 0 Å². The SMILES string of the molecule is CCNC(c1ccc(F)c(F)c1)c1cccnc1N. The van der Waals surface area contributed by atoms with E-state index in [0.29, 0.717) is 17.9 Å². The molecule has 0 aliphatic heterocycles. The maximum Gasteiger partial charge on any atom is 0.159 e. The fourth-order valence-corrected chi connectivity index (χ4v) is 1.98. The summed E-state index contributed by atoms with van der Waals surface area (Å²) >= 11 is 0. The van der Waals surface area contributed by atoms with Gasteiger partial charge in [0.25, 0.3) is 0 Å². The van der Waals surface area contributed by atoms with E-state index in [2.05, 4.69) is 10.3 Å². The van der Waals surface area contributed by atoms with Crippen LogP contribution in [0.15, 0.2) is 36.5 Å². The van der Waals surface area contributed by atoms with Gasteiger partial charge in [0.1, 0.15) is 5.82 Å². The predicted molar refractivity (Wildman–Crippen MR) is 70.5 cm³/mol. The Hall–Kier alpha value is -2.01. The van der Waals surface area contributed by atoms with Crippen molar-refractivity contribution in [2.24, 2.45) is 0 Å². The van der Waals surface area contributed by atoms with Gasteiger partial charge in [-0.15, -0.1) is 0 Å². The Morgan fingerprint density at radius 2 is 2.05 bits per heavy atom. The predicted octanol–water partition coefficient (Wildman–Crippen LogP) is 2.64. The largest absolute Gasteiger partial charge is 0.383 e. The Balaban J connectivity index is 2.45. The summed E-state index contributed by atoms with van der Waals surface area (Å²) in [6.45, 7) is 2.59. The summed E-state index contributed by atoms with van der Waals surface area (Å²) in [4.78, 5) is 4.02. The van der Waals surface area contributed by atoms with Gasteiger partial charge in [0.2, 0.25) is 0 Å². The Kier molecular flexibility index (Phi) is 4.06. The fourth-order valence-electron chi connectivity index (χ4n) is 1.98. The van der Waals surface area contributed by atoms with Gasteiger partial charge in [0, 0.05) is 11.8 Å². The molecule has 1 atom stereocenters. The summed E-state index contributed by atoms with van der Waals surface area (Å²) in [5.41, 5.74) is 7.20. The highest BCUT2D eigenvalue weighted by Gasteiger charge is 2.17. The van der Waals surface area contributed by atoms with Crippen LogP contribution in [0, 0.1) is 11.6 Å². The summed E-state index contributed by atoms with van der Waals surface area (Å²) < 4.78 is 26.3. The first-order valence-corrected chi connectivity index (χ1v) is 6.02. The lowest BCUT2D eigenvalue weighted by atomic mass is 9.99. The maximum atomic E-state index is 13.3. The minimum atomic E-state index is -0.872. The first kappa shape index (κ1) is 13.4. The van der Waals surface area contributed by atoms with Crippen molar-refractivity contribution in [1.29, 1.82) is 0 Å². The molecule has 0 fully saturated rings. The van der Waals surface area contributed by atoms with E-state index in [1.54, 1.807) is 12.3 Å². The third-order valence-electron chi connectivity index (χ3n) is 2.87. The van der Waals surface area contributed by atoms with E-state index in [9.17, 15) is 8.78 Å². The van der Waals surface area contributed by atoms with Crippen LogP contribution in [0.2, 0.25) is 0 Å². The molecule has 1 aromatic carbocycles. The number of anilines is 1. The van der Waals surface area contributed by atoms with Gasteiger partial charge in [-0.3, -0.25) is 0 Å². The first-order valence-electron chi connectivity index (χ1n) is 6.02. The summed E-state index contributed by atoms with van der Waals surface area (Å²) in [5.74, 6) is -1.36. The smallest absolute Gasteiger partial charge is 0.159 e. The van der Waals surface area contributed by atoms with Gasteiger partial charge in [-0.1, -0.05) is 19.1 Å². The van der Waals surface area contributed by atoms with Crippen LogP contribution < -0.4 is 11.1 Å². The van der Waals surface area contributed by atoms with Gasteiger partial charge in [0.05, 0.1) is 6.04 Å². The second kappa shape index (κ2) is 5.75. The van der Waals surface area contributed by atoms with Gasteiger partial charge in [0.15, 0.2) is 11.6 Å². The molecule has 3 nitrogen and oxygen atoms in total. The number of hydrogen-bond donors (Lipinski definition) is 2. The quantitative estimate of drug-likeness (QED) is 0.891. The summed E-state index contributed by atoms with van der Waals surface area (Å²) in [5, 5.41) is 3.19. The van der Waals surface area contributed by atoms with Crippen LogP contribution in [0.1, 0.15) is 24.1 Å². The average Bonchev–Trinajstić information content (AvgIpc) is 2.40. The molecule has 5 heteroatoms. The average molecular weight is 263 g/mol. The highest BCUT2D eigenvalue weighted by Crippen LogP contribution is 2.26. The maximum absolute atomic E-state index is 13.3. The molecule has 1 aromatic heterocycles. The zero-order chi connectivity index (χ0) is 13.8. The van der Waals surface area contributed by atoms with Crippen molar-refractivity contribution in [1.82, 2.24) is 10.3 Å². The molecule has 0 saturated heterocycles. The zero-order valence-corrected chi connectivity index (χ0v) is 10.5. The van der Waals surface area contributed by atoms with E-state index in [1.807, 2.05) is 13.0 Å². The molecule has 0 aliphatic rings. The van der Waals surface area contributed by atoms with E-state index >= 15 is 0 Å². The van der Waals surface area contributed by atoms with E-state index in [1.165, 1.54) is 12.1 Å². The van der Waals surface area contributed by atoms with Gasteiger partial charge in [-0.25, -0.2) is 13.8 Å². The van der Waals surface area contributed by atoms with Crippen LogP contribution >= 0.6 is 0 Å². The van der Waals surface area contributed by atoms with Crippen molar-refractivity contribution in [2.75, 3.05) is 12.3 Å². The summed E-state index contributed by atoms with van der Waals surface area (Å²) in [6.07, 6.45) is 1.59. The number of rotatable bonds is 4. The molecule has 0 aliphatic carbocycles. The summed E-state index contributed by atoms with van der Waals surface area (Å²) in [6, 6.07) is 7.09. The van der Waals surface area contributed by atoms with Crippen molar-refractivity contribution in [3.63, 3.8) is 0 Å². The molecule has 0 radical (unpaired) electrons. The first-order chi connectivity index (χ1) is 9.13. The Morgan fingerprint density at radius 3 is 2.68 bits per heavy atom. The van der Waals surface area contributed by atoms with Crippen LogP contribution in [0.25, 0.3) is 0 Å². The Morgan fingerprint density at radius 1 is 1.26 bits per heavy atom. The molecule has 3 N–H and O–H groups in total. The third-order valence-corrected chi connectivity index (χ3v) is 2.87. The van der Waals surface area contributed by atoms with Crippen LogP contribution in [-0.4, -0.2) is 11.5 Å². The molecule has 0 spiro atoms. The zero-order valence-electron chi connectivity index (χ0n) is 10.5. The number of benzene rings is 1. The second-order valence-electron chi connectivity index (χ2n) is 4.14. The molecule has 1 heterocycles. The Labute approximate surface area is 110 Å². The number of hydrogen-bond acceptors (Lipinski definition) is 3. The van der Waals surface area contributed by atoms with Crippen LogP contribution in [0.3, 0.4) is 0 Å². The molecule has 1 unspecified atom stereocenters. The highest BCUT2D eigenvalue weighted by molar-refractivity contribution is 5.45. The van der Waals surface area contributed by atoms with E-state index in [-0.39, 0.29) is 6.04 Å². The topological polar surface area (TPSA) is 50.9 Å². The van der Waals surface area contributed by atoms with E-state index in [4.69, 9.17) is 5.73 Å². The van der Waals surface area contributed by atoms with Crippen molar-refractivity contribution in [2.45, 2.75) is 13.0 Å². The lowest BCUT2D eigenvalue weighted by molar-refractivity contribution is 0.504. The molecular weight excluding hydrogens is 248 g/mol. The third kappa shape index (κ3) is 2.88. The molecule has 0 saturated carbocycles. The van der Waals surface area contributed by atoms with Crippen LogP contribution in [-0.2, 0) is 0 Å². The van der Waals surface area contributed by atoms with Crippen LogP contribution in [0.4, 0.5) is 14.6 Å². The monoisotopic (exact) mass is 263 g/mol. The fraction of sp³-hybridized carbons (Fsp3) is 0.214. The highest BCUT2D eigenvalue weighted by atomic mass is 19.2. The number of nitrogens with two attached hydrogens (primary N) is 1. The normalized spacial score (nSPS) is 12.4. The second-order valence-corrected chi connectivity index (χ2v) is 4.14. The number of nitrogens with one attached hydrogen (secondary N) is 1. The van der Waals surface area contributed by atoms with Gasteiger partial charge in [-0.05, 0) is 30.3 Å². The molecule has 0 amide bonds. The van der Waals surface area contributed by atoms with E-state index < -0.39 is 11.6 Å². The van der Waals surface area contributed by atoms with Gasteiger partial charge < -0.3 is 11.1 Å². The minimum absolute atomic E-state index is 0.311. The standard InChI is InChI=1S/C14H15F2N3/c1-2-18-13(10-4-3-7-19-14(10)17)9-5-6-11(15)12(16)8-9/h3-8,13,18H,2H2,1H3,(H2,17,19). The molecular formula is C14H15F2N3. The number of nitrogen functional groups attached to an aromatic ring is 1. The summed E-state index contributed by atoms with van der Waals surface area (Å²) in [7, 11) is 0. The molecule has 2 rings (SSSR count). The van der Waals surface area contributed by atoms with Gasteiger partial charge >= 0.3 is 0 Å². The van der Waals surface area contributed by atoms with Gasteiger partial charge in [-0.2, -0.15) is 0 Å². The van der Waals surface area contributed by atoms with Crippen LogP contribution in [0.5, 0.6) is 0 Å². The lowest BCUT2D eigenvalue weighted by Crippen LogP contribution is -2.23. The number of halogens is 2. The van der Waals surface area contributed by atoms with Crippen molar-refractivity contribution in [3.05, 3.63) is 59.3 Å². The van der Waals surface area contributed by atoms with E-state index in [0.717, 1.165) is 11.6 Å². The van der Waals surface area contributed by atoms with Crippen molar-refractivity contribution < 1.29 is 8.78 Å². The minimum Gasteiger partial charge on any atom is -0.383 e. The number of aromatic nitrogens is 1. The number of nitrogens with zero attached hydrogens (tertiary/aromatic N) is 1.